The van der Waals surface area contributed by atoms with Crippen LogP contribution in [0.5, 0.6) is 0 Å². The first kappa shape index (κ1) is 14.2. The third-order valence-corrected chi connectivity index (χ3v) is 4.10. The second-order valence-corrected chi connectivity index (χ2v) is 6.14. The smallest absolute Gasteiger partial charge is 0.123 e. The minimum Gasteiger partial charge on any atom is -0.464 e. The van der Waals surface area contributed by atoms with E-state index in [1.54, 1.807) is 0 Å². The predicted octanol–water partition coefficient (Wildman–Crippen LogP) is 3.78. The molecule has 2 aromatic rings. The van der Waals surface area contributed by atoms with Crippen molar-refractivity contribution in [3.8, 4) is 0 Å². The van der Waals surface area contributed by atoms with Crippen LogP contribution in [0.15, 0.2) is 34.7 Å². The third kappa shape index (κ3) is 3.67. The number of benzene rings is 1. The summed E-state index contributed by atoms with van der Waals surface area (Å²) in [6.45, 7) is 5.89. The van der Waals surface area contributed by atoms with Gasteiger partial charge in [0.25, 0.3) is 0 Å². The lowest BCUT2D eigenvalue weighted by Crippen LogP contribution is -2.16. The van der Waals surface area contributed by atoms with Crippen LogP contribution < -0.4 is 10.2 Å². The Kier molecular flexibility index (Phi) is 4.02. The van der Waals surface area contributed by atoms with Crippen LogP contribution in [0.1, 0.15) is 35.5 Å². The third-order valence-electron chi connectivity index (χ3n) is 4.10. The molecule has 3 nitrogen and oxygen atoms in total. The predicted molar refractivity (Wildman–Crippen MR) is 86.6 cm³/mol. The lowest BCUT2D eigenvalue weighted by molar-refractivity contribution is 0.477. The van der Waals surface area contributed by atoms with Gasteiger partial charge in [-0.05, 0) is 44.9 Å². The number of aryl methyl sites for hydroxylation is 2. The van der Waals surface area contributed by atoms with Crippen molar-refractivity contribution in [2.24, 2.45) is 0 Å². The highest BCUT2D eigenvalue weighted by Crippen LogP contribution is 2.22. The van der Waals surface area contributed by atoms with E-state index >= 15 is 0 Å². The summed E-state index contributed by atoms with van der Waals surface area (Å²) in [5, 5.41) is 3.54. The van der Waals surface area contributed by atoms with E-state index in [2.05, 4.69) is 61.4 Å². The summed E-state index contributed by atoms with van der Waals surface area (Å²) in [5.41, 5.74) is 3.79. The molecule has 1 aromatic carbocycles. The van der Waals surface area contributed by atoms with Gasteiger partial charge in [-0.15, -0.1) is 0 Å². The molecule has 1 aliphatic rings. The topological polar surface area (TPSA) is 28.4 Å². The van der Waals surface area contributed by atoms with E-state index in [1.807, 2.05) is 0 Å². The number of rotatable bonds is 6. The minimum atomic E-state index is 0.734. The zero-order valence-electron chi connectivity index (χ0n) is 13.1. The largest absolute Gasteiger partial charge is 0.464 e. The van der Waals surface area contributed by atoms with Gasteiger partial charge in [0, 0.05) is 30.9 Å². The van der Waals surface area contributed by atoms with Crippen molar-refractivity contribution in [2.45, 2.75) is 45.8 Å². The van der Waals surface area contributed by atoms with Gasteiger partial charge in [0.1, 0.15) is 11.5 Å². The van der Waals surface area contributed by atoms with Crippen LogP contribution >= 0.6 is 0 Å². The molecule has 1 saturated carbocycles. The van der Waals surface area contributed by atoms with Crippen molar-refractivity contribution < 1.29 is 4.42 Å². The van der Waals surface area contributed by atoms with Crippen molar-refractivity contribution in [1.29, 1.82) is 0 Å². The van der Waals surface area contributed by atoms with Gasteiger partial charge in [0.2, 0.25) is 0 Å². The molecule has 0 unspecified atom stereocenters. The van der Waals surface area contributed by atoms with E-state index in [0.29, 0.717) is 0 Å². The van der Waals surface area contributed by atoms with Gasteiger partial charge >= 0.3 is 0 Å². The van der Waals surface area contributed by atoms with Crippen molar-refractivity contribution in [3.05, 3.63) is 53.0 Å². The Hall–Kier alpha value is -1.74. The molecule has 0 atom stereocenters. The zero-order chi connectivity index (χ0) is 14.8. The van der Waals surface area contributed by atoms with Gasteiger partial charge in [-0.3, -0.25) is 0 Å². The normalized spacial score (nSPS) is 14.4. The lowest BCUT2D eigenvalue weighted by atomic mass is 10.2. The van der Waals surface area contributed by atoms with Gasteiger partial charge in [-0.2, -0.15) is 0 Å². The monoisotopic (exact) mass is 284 g/mol. The molecule has 0 saturated heterocycles. The van der Waals surface area contributed by atoms with Gasteiger partial charge < -0.3 is 14.6 Å². The van der Waals surface area contributed by atoms with E-state index in [0.717, 1.165) is 30.7 Å². The van der Waals surface area contributed by atoms with E-state index in [4.69, 9.17) is 4.42 Å². The summed E-state index contributed by atoms with van der Waals surface area (Å²) in [5.74, 6) is 2.07. The molecular formula is C18H24N2O. The number of furan rings is 1. The molecule has 1 aliphatic carbocycles. The Bertz CT molecular complexity index is 596. The molecule has 0 aliphatic heterocycles. The molecule has 3 heteroatoms. The maximum atomic E-state index is 5.90. The molecule has 112 valence electrons. The average Bonchev–Trinajstić information content (AvgIpc) is 3.22. The Morgan fingerprint density at radius 3 is 2.57 bits per heavy atom. The Labute approximate surface area is 127 Å². The summed E-state index contributed by atoms with van der Waals surface area (Å²) >= 11 is 0. The quantitative estimate of drug-likeness (QED) is 0.875. The fraction of sp³-hybridized carbons (Fsp3) is 0.444. The van der Waals surface area contributed by atoms with Crippen molar-refractivity contribution >= 4 is 5.69 Å². The second-order valence-electron chi connectivity index (χ2n) is 6.14. The zero-order valence-corrected chi connectivity index (χ0v) is 13.1. The molecule has 1 heterocycles. The molecule has 21 heavy (non-hydrogen) atoms. The SMILES string of the molecule is Cc1ccc(N(C)Cc2cc(CNC3CC3)c(C)o2)cc1. The molecule has 0 spiro atoms. The van der Waals surface area contributed by atoms with Gasteiger partial charge in [-0.25, -0.2) is 0 Å². The van der Waals surface area contributed by atoms with E-state index < -0.39 is 0 Å². The summed E-state index contributed by atoms with van der Waals surface area (Å²) in [7, 11) is 2.10. The molecule has 0 amide bonds. The summed E-state index contributed by atoms with van der Waals surface area (Å²) in [6.07, 6.45) is 2.64. The fourth-order valence-corrected chi connectivity index (χ4v) is 2.51. The number of nitrogens with zero attached hydrogens (tertiary/aromatic N) is 1. The van der Waals surface area contributed by atoms with Crippen LogP contribution in [-0.4, -0.2) is 13.1 Å². The van der Waals surface area contributed by atoms with Crippen LogP contribution in [-0.2, 0) is 13.1 Å². The van der Waals surface area contributed by atoms with Crippen LogP contribution in [0, 0.1) is 13.8 Å². The first-order valence-electron chi connectivity index (χ1n) is 7.71. The summed E-state index contributed by atoms with van der Waals surface area (Å²) in [6, 6.07) is 11.5. The number of hydrogen-bond acceptors (Lipinski definition) is 3. The second kappa shape index (κ2) is 5.94. The van der Waals surface area contributed by atoms with Crippen molar-refractivity contribution in [2.75, 3.05) is 11.9 Å². The van der Waals surface area contributed by atoms with E-state index in [9.17, 15) is 0 Å². The highest BCUT2D eigenvalue weighted by molar-refractivity contribution is 5.47. The Balaban J connectivity index is 1.63. The lowest BCUT2D eigenvalue weighted by Gasteiger charge is -2.17. The molecule has 3 rings (SSSR count). The van der Waals surface area contributed by atoms with Gasteiger partial charge in [0.15, 0.2) is 0 Å². The summed E-state index contributed by atoms with van der Waals surface area (Å²) in [4.78, 5) is 2.22. The fourth-order valence-electron chi connectivity index (χ4n) is 2.51. The highest BCUT2D eigenvalue weighted by atomic mass is 16.3. The Morgan fingerprint density at radius 2 is 1.90 bits per heavy atom. The maximum absolute atomic E-state index is 5.90. The van der Waals surface area contributed by atoms with Gasteiger partial charge in [-0.1, -0.05) is 17.7 Å². The Morgan fingerprint density at radius 1 is 1.19 bits per heavy atom. The van der Waals surface area contributed by atoms with E-state index in [-0.39, 0.29) is 0 Å². The van der Waals surface area contributed by atoms with Crippen LogP contribution in [0.4, 0.5) is 5.69 Å². The molecule has 0 radical (unpaired) electrons. The van der Waals surface area contributed by atoms with E-state index in [1.165, 1.54) is 29.7 Å². The minimum absolute atomic E-state index is 0.734. The standard InChI is InChI=1S/C18H24N2O/c1-13-4-8-17(9-5-13)20(3)12-18-10-15(14(2)21-18)11-19-16-6-7-16/h4-5,8-10,16,19H,6-7,11-12H2,1-3H3. The van der Waals surface area contributed by atoms with Crippen LogP contribution in [0.25, 0.3) is 0 Å². The first-order chi connectivity index (χ1) is 10.1. The summed E-state index contributed by atoms with van der Waals surface area (Å²) < 4.78 is 5.90. The van der Waals surface area contributed by atoms with Crippen molar-refractivity contribution in [3.63, 3.8) is 0 Å². The van der Waals surface area contributed by atoms with Crippen LogP contribution in [0.2, 0.25) is 0 Å². The molecule has 1 fully saturated rings. The van der Waals surface area contributed by atoms with Crippen molar-refractivity contribution in [1.82, 2.24) is 5.32 Å². The number of hydrogen-bond donors (Lipinski definition) is 1. The molecular weight excluding hydrogens is 260 g/mol. The number of nitrogens with one attached hydrogen (secondary N) is 1. The van der Waals surface area contributed by atoms with Gasteiger partial charge in [0.05, 0.1) is 6.54 Å². The van der Waals surface area contributed by atoms with Crippen LogP contribution in [0.3, 0.4) is 0 Å². The molecule has 1 N–H and O–H groups in total. The maximum Gasteiger partial charge on any atom is 0.123 e. The number of anilines is 1. The highest BCUT2D eigenvalue weighted by Gasteiger charge is 2.21. The first-order valence-corrected chi connectivity index (χ1v) is 7.71. The molecule has 1 aromatic heterocycles. The molecule has 0 bridgehead atoms. The average molecular weight is 284 g/mol.